The molecule has 0 aliphatic carbocycles. The van der Waals surface area contributed by atoms with Crippen LogP contribution in [0.25, 0.3) is 22.4 Å². The number of hydrogen-bond donors (Lipinski definition) is 1. The fourth-order valence-corrected chi connectivity index (χ4v) is 2.14. The van der Waals surface area contributed by atoms with Gasteiger partial charge in [0.15, 0.2) is 0 Å². The summed E-state index contributed by atoms with van der Waals surface area (Å²) in [4.78, 5) is 11.9. The highest BCUT2D eigenvalue weighted by Gasteiger charge is 2.05. The zero-order valence-corrected chi connectivity index (χ0v) is 10.6. The van der Waals surface area contributed by atoms with Crippen molar-refractivity contribution in [3.05, 3.63) is 48.3 Å². The molecule has 0 unspecified atom stereocenters. The van der Waals surface area contributed by atoms with E-state index in [0.29, 0.717) is 0 Å². The van der Waals surface area contributed by atoms with E-state index in [1.165, 1.54) is 5.56 Å². The molecule has 0 amide bonds. The topological polar surface area (TPSA) is 41.6 Å². The minimum absolute atomic E-state index is 0.854. The van der Waals surface area contributed by atoms with Crippen LogP contribution in [0, 0.1) is 0 Å². The lowest BCUT2D eigenvalue weighted by Gasteiger charge is -1.93. The van der Waals surface area contributed by atoms with Gasteiger partial charge in [-0.3, -0.25) is 4.98 Å². The predicted octanol–water partition coefficient (Wildman–Crippen LogP) is 3.52. The molecule has 0 atom stereocenters. The number of aromatic amines is 1. The third kappa shape index (κ3) is 1.96. The van der Waals surface area contributed by atoms with Gasteiger partial charge in [0.05, 0.1) is 11.0 Å². The number of H-pyrrole nitrogens is 1. The molecule has 2 heterocycles. The van der Waals surface area contributed by atoms with Gasteiger partial charge in [-0.15, -0.1) is 0 Å². The Balaban J connectivity index is 2.14. The maximum atomic E-state index is 4.56. The number of imidazole rings is 1. The fraction of sp³-hybridized carbons (Fsp3) is 0.0769. The quantitative estimate of drug-likeness (QED) is 0.733. The van der Waals surface area contributed by atoms with E-state index in [0.717, 1.165) is 27.8 Å². The van der Waals surface area contributed by atoms with Gasteiger partial charge in [0.1, 0.15) is 5.82 Å². The minimum atomic E-state index is 0.854. The molecule has 1 N–H and O–H groups in total. The second-order valence-corrected chi connectivity index (χ2v) is 4.37. The van der Waals surface area contributed by atoms with Crippen LogP contribution in [0.4, 0.5) is 0 Å². The van der Waals surface area contributed by atoms with Crippen molar-refractivity contribution in [3.63, 3.8) is 0 Å². The molecule has 4 heteroatoms. The Bertz CT molecular complexity index is 646. The van der Waals surface area contributed by atoms with Crippen molar-refractivity contribution in [3.8, 4) is 11.4 Å². The number of aromatic nitrogens is 3. The Morgan fingerprint density at radius 2 is 1.94 bits per heavy atom. The number of pyridine rings is 1. The van der Waals surface area contributed by atoms with Gasteiger partial charge in [0, 0.05) is 23.3 Å². The molecule has 0 spiro atoms. The predicted molar refractivity (Wildman–Crippen MR) is 72.0 cm³/mol. The summed E-state index contributed by atoms with van der Waals surface area (Å²) in [6.07, 6.45) is 3.54. The van der Waals surface area contributed by atoms with Gasteiger partial charge in [0.2, 0.25) is 0 Å². The van der Waals surface area contributed by atoms with E-state index >= 15 is 0 Å². The van der Waals surface area contributed by atoms with E-state index < -0.39 is 0 Å². The SMILES string of the molecule is BrCc1ccc2nc(-c3ccncc3)[nH]c2c1. The molecule has 3 nitrogen and oxygen atoms in total. The first-order valence-electron chi connectivity index (χ1n) is 5.32. The highest BCUT2D eigenvalue weighted by Crippen LogP contribution is 2.21. The number of rotatable bonds is 2. The minimum Gasteiger partial charge on any atom is -0.338 e. The van der Waals surface area contributed by atoms with Gasteiger partial charge in [-0.05, 0) is 29.8 Å². The Morgan fingerprint density at radius 3 is 2.71 bits per heavy atom. The molecule has 3 rings (SSSR count). The van der Waals surface area contributed by atoms with Crippen LogP contribution >= 0.6 is 15.9 Å². The normalized spacial score (nSPS) is 10.9. The molecular weight excluding hydrogens is 278 g/mol. The van der Waals surface area contributed by atoms with Crippen LogP contribution in [0.5, 0.6) is 0 Å². The van der Waals surface area contributed by atoms with Crippen molar-refractivity contribution in [1.82, 2.24) is 15.0 Å². The largest absolute Gasteiger partial charge is 0.338 e. The molecule has 0 fully saturated rings. The zero-order valence-electron chi connectivity index (χ0n) is 9.02. The molecule has 0 aliphatic heterocycles. The first kappa shape index (κ1) is 10.5. The number of benzene rings is 1. The highest BCUT2D eigenvalue weighted by molar-refractivity contribution is 9.08. The summed E-state index contributed by atoms with van der Waals surface area (Å²) in [6.45, 7) is 0. The smallest absolute Gasteiger partial charge is 0.138 e. The molecule has 0 saturated heterocycles. The lowest BCUT2D eigenvalue weighted by molar-refractivity contribution is 1.28. The van der Waals surface area contributed by atoms with Crippen LogP contribution in [0.15, 0.2) is 42.7 Å². The summed E-state index contributed by atoms with van der Waals surface area (Å²) >= 11 is 3.45. The standard InChI is InChI=1S/C13H10BrN3/c14-8-9-1-2-11-12(7-9)17-13(16-11)10-3-5-15-6-4-10/h1-7H,8H2,(H,16,17). The number of fused-ring (bicyclic) bond motifs is 1. The van der Waals surface area contributed by atoms with Crippen LogP contribution in [0.1, 0.15) is 5.56 Å². The van der Waals surface area contributed by atoms with Gasteiger partial charge in [-0.2, -0.15) is 0 Å². The molecule has 3 aromatic rings. The van der Waals surface area contributed by atoms with Gasteiger partial charge in [0.25, 0.3) is 0 Å². The van der Waals surface area contributed by atoms with E-state index in [9.17, 15) is 0 Å². The Labute approximate surface area is 107 Å². The average Bonchev–Trinajstić information content (AvgIpc) is 2.82. The summed E-state index contributed by atoms with van der Waals surface area (Å²) in [6, 6.07) is 10.1. The lowest BCUT2D eigenvalue weighted by Crippen LogP contribution is -1.79. The maximum absolute atomic E-state index is 4.56. The van der Waals surface area contributed by atoms with Crippen molar-refractivity contribution in [1.29, 1.82) is 0 Å². The third-order valence-corrected chi connectivity index (χ3v) is 3.30. The molecular formula is C13H10BrN3. The second-order valence-electron chi connectivity index (χ2n) is 3.81. The number of alkyl halides is 1. The third-order valence-electron chi connectivity index (χ3n) is 2.65. The summed E-state index contributed by atoms with van der Waals surface area (Å²) < 4.78 is 0. The summed E-state index contributed by atoms with van der Waals surface area (Å²) in [7, 11) is 0. The molecule has 0 saturated carbocycles. The van der Waals surface area contributed by atoms with Gasteiger partial charge < -0.3 is 4.98 Å². The molecule has 2 aromatic heterocycles. The fourth-order valence-electron chi connectivity index (χ4n) is 1.79. The van der Waals surface area contributed by atoms with Gasteiger partial charge >= 0.3 is 0 Å². The van der Waals surface area contributed by atoms with Crippen LogP contribution in [0.2, 0.25) is 0 Å². The molecule has 84 valence electrons. The van der Waals surface area contributed by atoms with Gasteiger partial charge in [-0.25, -0.2) is 4.98 Å². The van der Waals surface area contributed by atoms with Crippen LogP contribution in [-0.2, 0) is 5.33 Å². The highest BCUT2D eigenvalue weighted by atomic mass is 79.9. The molecule has 0 aliphatic rings. The summed E-state index contributed by atoms with van der Waals surface area (Å²) in [5.74, 6) is 0.883. The van der Waals surface area contributed by atoms with E-state index in [2.05, 4.69) is 43.0 Å². The van der Waals surface area contributed by atoms with Crippen molar-refractivity contribution in [2.75, 3.05) is 0 Å². The van der Waals surface area contributed by atoms with Crippen molar-refractivity contribution < 1.29 is 0 Å². The molecule has 17 heavy (non-hydrogen) atoms. The summed E-state index contributed by atoms with van der Waals surface area (Å²) in [5.41, 5.74) is 4.34. The molecule has 1 aromatic carbocycles. The number of halogens is 1. The molecule has 0 bridgehead atoms. The average molecular weight is 288 g/mol. The lowest BCUT2D eigenvalue weighted by atomic mass is 10.2. The van der Waals surface area contributed by atoms with Crippen LogP contribution in [0.3, 0.4) is 0 Å². The summed E-state index contributed by atoms with van der Waals surface area (Å²) in [5, 5.41) is 0.854. The first-order chi connectivity index (χ1) is 8.36. The maximum Gasteiger partial charge on any atom is 0.138 e. The Morgan fingerprint density at radius 1 is 1.12 bits per heavy atom. The number of nitrogens with zero attached hydrogens (tertiary/aromatic N) is 2. The second kappa shape index (κ2) is 4.30. The zero-order chi connectivity index (χ0) is 11.7. The Kier molecular flexibility index (Phi) is 2.65. The van der Waals surface area contributed by atoms with Crippen molar-refractivity contribution in [2.45, 2.75) is 5.33 Å². The van der Waals surface area contributed by atoms with E-state index in [1.54, 1.807) is 12.4 Å². The van der Waals surface area contributed by atoms with E-state index in [1.807, 2.05) is 18.2 Å². The van der Waals surface area contributed by atoms with Gasteiger partial charge in [-0.1, -0.05) is 22.0 Å². The first-order valence-corrected chi connectivity index (χ1v) is 6.44. The van der Waals surface area contributed by atoms with E-state index in [4.69, 9.17) is 0 Å². The Hall–Kier alpha value is -1.68. The van der Waals surface area contributed by atoms with Crippen LogP contribution in [-0.4, -0.2) is 15.0 Å². The van der Waals surface area contributed by atoms with Crippen molar-refractivity contribution >= 4 is 27.0 Å². The van der Waals surface area contributed by atoms with Crippen molar-refractivity contribution in [2.24, 2.45) is 0 Å². The van der Waals surface area contributed by atoms with E-state index in [-0.39, 0.29) is 0 Å². The number of nitrogens with one attached hydrogen (secondary N) is 1. The van der Waals surface area contributed by atoms with Crippen LogP contribution < -0.4 is 0 Å². The molecule has 0 radical (unpaired) electrons. The monoisotopic (exact) mass is 287 g/mol. The number of hydrogen-bond acceptors (Lipinski definition) is 2.